The molecule has 0 radical (unpaired) electrons. The molecule has 8 aromatic carbocycles. The molecule has 4 aromatic heterocycles. The third-order valence-corrected chi connectivity index (χ3v) is 21.4. The van der Waals surface area contributed by atoms with Gasteiger partial charge in [-0.2, -0.15) is 20.4 Å². The van der Waals surface area contributed by atoms with Crippen LogP contribution in [0.2, 0.25) is 5.02 Å². The maximum absolute atomic E-state index is 14.0. The van der Waals surface area contributed by atoms with E-state index in [4.69, 9.17) is 72.4 Å². The number of Topliss-reactive ketones (excluding diaryl/α,β-unsaturated/α-hetero) is 1. The number of hydrogen-bond acceptors (Lipinski definition) is 21. The number of ketones is 1. The molecule has 36 heteroatoms. The Morgan fingerprint density at radius 2 is 0.584 bits per heavy atom. The predicted octanol–water partition coefficient (Wildman–Crippen LogP) is 14.7. The molecule has 8 amide bonds. The van der Waals surface area contributed by atoms with Gasteiger partial charge in [0.05, 0.1) is 131 Å². The molecule has 0 saturated carbocycles. The highest BCUT2D eigenvalue weighted by molar-refractivity contribution is 6.38. The Balaban J connectivity index is 0.000000205. The number of aromatic nitrogens is 8. The van der Waals surface area contributed by atoms with Crippen molar-refractivity contribution >= 4 is 64.6 Å². The minimum absolute atomic E-state index is 0.0156. The van der Waals surface area contributed by atoms with Crippen LogP contribution < -0.4 is 82.1 Å². The van der Waals surface area contributed by atoms with Crippen LogP contribution >= 0.6 is 11.6 Å². The van der Waals surface area contributed by atoms with Crippen LogP contribution in [0.3, 0.4) is 0 Å². The van der Waals surface area contributed by atoms with Crippen molar-refractivity contribution in [3.63, 3.8) is 0 Å². The van der Waals surface area contributed by atoms with Gasteiger partial charge in [-0.25, -0.2) is 27.5 Å². The lowest BCUT2D eigenvalue weighted by molar-refractivity contribution is -0.137. The van der Waals surface area contributed by atoms with Crippen LogP contribution in [0.1, 0.15) is 148 Å². The molecular weight excluding hydrogens is 1780 g/mol. The van der Waals surface area contributed by atoms with Crippen molar-refractivity contribution in [2.45, 2.75) is 131 Å². The topological polar surface area (TPSA) is 451 Å². The van der Waals surface area contributed by atoms with Gasteiger partial charge in [-0.1, -0.05) is 115 Å². The molecular formula is C101H117ClF2N16O17. The van der Waals surface area contributed by atoms with E-state index in [2.05, 4.69) is 41.7 Å². The molecule has 12 aromatic rings. The van der Waals surface area contributed by atoms with E-state index in [9.17, 15) is 51.9 Å². The predicted molar refractivity (Wildman–Crippen MR) is 517 cm³/mol. The summed E-state index contributed by atoms with van der Waals surface area (Å²) in [5, 5.41) is 29.9. The fourth-order valence-corrected chi connectivity index (χ4v) is 15.4. The number of methoxy groups -OCH3 is 8. The highest BCUT2D eigenvalue weighted by Gasteiger charge is 2.33. The van der Waals surface area contributed by atoms with E-state index < -0.39 is 76.9 Å². The standard InChI is InChI=1S/C26H32N4O4.C25H27ClN4O5.2C25H29FN4O4/c1-16(2)13-18(14-24(27)31)28-26(32)20-15-21(25-22(33-4)7-6-8-23(25)34-5)30(29-20)19-11-9-17(3)10-12-19;1-14(2)12-17(23(31)24(27)32)28-25(33)18-13-19(22-20(34-3)6-5-7-21(22)35-4)30(29-18)16-10-8-15(26)9-11-16;1-15(2)11-17(13-23(27)31)28-25(32)19-14-20(24-21(33-3)9-6-10-22(24)34-4)30(29-19)18-8-5-7-16(26)12-18;1-15(2)12-17(13-23(27)31)28-25(32)19-14-20(24-21(33-3)6-5-7-22(24)34-4)30(29-19)18-10-8-16(26)9-11-18/h6-12,15-16,18H,13-14H2,1-5H3,(H2,27,31)(H,28,32);5-11,13-14,17H,12H2,1-4H3,(H2,27,32)(H,28,33);5-10,12,14-15,17H,11,13H2,1-4H3,(H2,27,31)(H,28,32);5-11,14-15,17H,12-13H2,1-4H3,(H2,27,31)(H,28,32)/t18-;3*17-/m0000/s1. The van der Waals surface area contributed by atoms with Crippen molar-refractivity contribution in [3.05, 3.63) is 239 Å². The zero-order valence-corrected chi connectivity index (χ0v) is 80.3. The van der Waals surface area contributed by atoms with Crippen LogP contribution in [-0.4, -0.2) is 173 Å². The van der Waals surface area contributed by atoms with E-state index in [1.807, 2.05) is 105 Å². The zero-order chi connectivity index (χ0) is 100. The average molecular weight is 1900 g/mol. The Kier molecular flexibility index (Phi) is 38.1. The van der Waals surface area contributed by atoms with Crippen LogP contribution in [0.4, 0.5) is 8.78 Å². The molecule has 0 aliphatic carbocycles. The molecule has 0 aliphatic heterocycles. The number of nitrogens with one attached hydrogen (secondary N) is 4. The van der Waals surface area contributed by atoms with E-state index in [-0.39, 0.29) is 84.1 Å². The first-order valence-electron chi connectivity index (χ1n) is 43.9. The van der Waals surface area contributed by atoms with Gasteiger partial charge in [-0.05, 0) is 208 Å². The molecule has 0 unspecified atom stereocenters. The number of aryl methyl sites for hydroxylation is 1. The summed E-state index contributed by atoms with van der Waals surface area (Å²) in [7, 11) is 12.3. The lowest BCUT2D eigenvalue weighted by Gasteiger charge is -2.18. The molecule has 4 heterocycles. The van der Waals surface area contributed by atoms with Crippen molar-refractivity contribution in [3.8, 4) is 114 Å². The minimum atomic E-state index is -1.11. The second-order valence-electron chi connectivity index (χ2n) is 33.5. The number of benzene rings is 8. The number of rotatable bonds is 40. The second-order valence-corrected chi connectivity index (χ2v) is 34.0. The molecule has 33 nitrogen and oxygen atoms in total. The fraction of sp³-hybridized carbons (Fsp3) is 0.317. The molecule has 724 valence electrons. The molecule has 0 saturated heterocycles. The molecule has 12 rings (SSSR count). The van der Waals surface area contributed by atoms with E-state index in [1.165, 1.54) is 76.3 Å². The van der Waals surface area contributed by atoms with Crippen molar-refractivity contribution in [2.75, 3.05) is 56.9 Å². The summed E-state index contributed by atoms with van der Waals surface area (Å²) < 4.78 is 78.3. The molecule has 0 fully saturated rings. The number of carbonyl (C=O) groups excluding carboxylic acids is 9. The largest absolute Gasteiger partial charge is 0.496 e. The van der Waals surface area contributed by atoms with Gasteiger partial charge in [0.1, 0.15) is 57.6 Å². The number of primary amides is 4. The van der Waals surface area contributed by atoms with Crippen LogP contribution in [0, 0.1) is 42.2 Å². The Morgan fingerprint density at radius 1 is 0.328 bits per heavy atom. The van der Waals surface area contributed by atoms with Crippen molar-refractivity contribution in [1.82, 2.24) is 60.4 Å². The summed E-state index contributed by atoms with van der Waals surface area (Å²) in [6.07, 6.45) is 2.14. The zero-order valence-electron chi connectivity index (χ0n) is 79.5. The van der Waals surface area contributed by atoms with Gasteiger partial charge in [-0.15, -0.1) is 0 Å². The molecule has 12 N–H and O–H groups in total. The molecule has 4 atom stereocenters. The van der Waals surface area contributed by atoms with Crippen molar-refractivity contribution in [2.24, 2.45) is 46.6 Å². The normalized spacial score (nSPS) is 11.8. The van der Waals surface area contributed by atoms with Gasteiger partial charge in [0, 0.05) is 42.4 Å². The Bertz CT molecular complexity index is 5940. The summed E-state index contributed by atoms with van der Waals surface area (Å²) in [6, 6.07) is 51.9. The number of amides is 8. The number of nitrogens with two attached hydrogens (primary N) is 4. The third-order valence-electron chi connectivity index (χ3n) is 21.2. The van der Waals surface area contributed by atoms with E-state index in [0.29, 0.717) is 132 Å². The first-order valence-corrected chi connectivity index (χ1v) is 44.3. The Morgan fingerprint density at radius 3 is 0.839 bits per heavy atom. The molecule has 0 aliphatic rings. The first-order chi connectivity index (χ1) is 65.3. The molecule has 0 bridgehead atoms. The van der Waals surface area contributed by atoms with Crippen LogP contribution in [0.25, 0.3) is 67.8 Å². The highest BCUT2D eigenvalue weighted by Crippen LogP contribution is 2.45. The van der Waals surface area contributed by atoms with Gasteiger partial charge in [0.2, 0.25) is 23.5 Å². The maximum Gasteiger partial charge on any atom is 0.287 e. The number of carbonyl (C=O) groups is 9. The smallest absolute Gasteiger partial charge is 0.287 e. The van der Waals surface area contributed by atoms with Crippen LogP contribution in [0.5, 0.6) is 46.0 Å². The average Bonchev–Trinajstić information content (AvgIpc) is 1.65. The van der Waals surface area contributed by atoms with E-state index >= 15 is 0 Å². The lowest BCUT2D eigenvalue weighted by atomic mass is 9.99. The first kappa shape index (κ1) is 105. The van der Waals surface area contributed by atoms with Crippen LogP contribution in [-0.2, 0) is 24.0 Å². The van der Waals surface area contributed by atoms with E-state index in [1.54, 1.807) is 151 Å². The summed E-state index contributed by atoms with van der Waals surface area (Å²) in [5.74, 6) is -1.22. The van der Waals surface area contributed by atoms with Gasteiger partial charge < -0.3 is 82.1 Å². The summed E-state index contributed by atoms with van der Waals surface area (Å²) in [4.78, 5) is 111. The van der Waals surface area contributed by atoms with Crippen molar-refractivity contribution in [1.29, 1.82) is 0 Å². The van der Waals surface area contributed by atoms with Crippen LogP contribution in [0.15, 0.2) is 194 Å². The van der Waals surface area contributed by atoms with E-state index in [0.717, 1.165) is 11.3 Å². The summed E-state index contributed by atoms with van der Waals surface area (Å²) >= 11 is 6.06. The quantitative estimate of drug-likeness (QED) is 0.0165. The second kappa shape index (κ2) is 49.5. The summed E-state index contributed by atoms with van der Waals surface area (Å²) in [6.45, 7) is 17.8. The maximum atomic E-state index is 14.0. The van der Waals surface area contributed by atoms with Gasteiger partial charge in [0.25, 0.3) is 29.5 Å². The number of ether oxygens (including phenoxy) is 8. The van der Waals surface area contributed by atoms with Gasteiger partial charge >= 0.3 is 0 Å². The number of halogens is 3. The van der Waals surface area contributed by atoms with Crippen molar-refractivity contribution < 1.29 is 89.8 Å². The molecule has 0 spiro atoms. The molecule has 137 heavy (non-hydrogen) atoms. The number of nitrogens with zero attached hydrogens (tertiary/aromatic N) is 8. The van der Waals surface area contributed by atoms with Gasteiger partial charge in [0.15, 0.2) is 22.8 Å². The Hall–Kier alpha value is -15.4. The third kappa shape index (κ3) is 28.3. The summed E-state index contributed by atoms with van der Waals surface area (Å²) in [5.41, 5.74) is 29.8. The number of hydrogen-bond donors (Lipinski definition) is 8. The fourth-order valence-electron chi connectivity index (χ4n) is 15.2. The Labute approximate surface area is 798 Å². The monoisotopic (exact) mass is 1900 g/mol. The SMILES string of the molecule is COc1cccc(OC)c1-c1cc(C(=O)N[C@@H](CC(C)C)C(=O)C(N)=O)nn1-c1ccc(Cl)cc1.COc1cccc(OC)c1-c1cc(C(=O)N[C@H](CC(N)=O)CC(C)C)nn1-c1ccc(C)cc1.COc1cccc(OC)c1-c1cc(C(=O)N[C@H](CC(N)=O)CC(C)C)nn1-c1ccc(F)cc1.COc1cccc(OC)c1-c1cc(C(=O)N[C@H](CC(N)=O)CC(C)C)nn1-c1cccc(F)c1. The lowest BCUT2D eigenvalue weighted by Crippen LogP contribution is -2.46. The highest BCUT2D eigenvalue weighted by atomic mass is 35.5. The van der Waals surface area contributed by atoms with Gasteiger partial charge in [-0.3, -0.25) is 43.2 Å². The minimum Gasteiger partial charge on any atom is -0.496 e.